The zero-order valence-corrected chi connectivity index (χ0v) is 21.9. The number of hydrogen-bond donors (Lipinski definition) is 0. The Bertz CT molecular complexity index is 1480. The summed E-state index contributed by atoms with van der Waals surface area (Å²) in [6, 6.07) is 31.5. The number of rotatable bonds is 5. The Kier molecular flexibility index (Phi) is 6.04. The second-order valence-electron chi connectivity index (χ2n) is 10.3. The minimum absolute atomic E-state index is 0.0437. The van der Waals surface area contributed by atoms with Gasteiger partial charge in [-0.3, -0.25) is 4.90 Å². The lowest BCUT2D eigenvalue weighted by Crippen LogP contribution is -2.49. The molecule has 0 aliphatic carbocycles. The molecule has 0 saturated heterocycles. The van der Waals surface area contributed by atoms with Crippen LogP contribution in [-0.4, -0.2) is 25.3 Å². The second kappa shape index (κ2) is 9.54. The van der Waals surface area contributed by atoms with Gasteiger partial charge in [0.25, 0.3) is 0 Å². The lowest BCUT2D eigenvalue weighted by molar-refractivity contribution is 0.150. The molecule has 0 aromatic heterocycles. The smallest absolute Gasteiger partial charge is 0.129 e. The molecule has 38 heavy (non-hydrogen) atoms. The molecule has 0 unspecified atom stereocenters. The Morgan fingerprint density at radius 1 is 0.684 bits per heavy atom. The summed E-state index contributed by atoms with van der Waals surface area (Å²) in [6.07, 6.45) is 4.02. The Morgan fingerprint density at radius 2 is 1.32 bits per heavy atom. The average molecular weight is 507 g/mol. The first kappa shape index (κ1) is 24.1. The largest absolute Gasteiger partial charge is 0.457 e. The van der Waals surface area contributed by atoms with Crippen molar-refractivity contribution < 1.29 is 9.13 Å². The van der Waals surface area contributed by atoms with Gasteiger partial charge in [0, 0.05) is 52.8 Å². The van der Waals surface area contributed by atoms with Crippen LogP contribution in [0.1, 0.15) is 19.4 Å². The van der Waals surface area contributed by atoms with Gasteiger partial charge in [-0.25, -0.2) is 4.39 Å². The molecule has 0 atom stereocenters. The quantitative estimate of drug-likeness (QED) is 0.276. The third kappa shape index (κ3) is 4.48. The topological polar surface area (TPSA) is 22.2 Å². The van der Waals surface area contributed by atoms with Crippen LogP contribution >= 0.6 is 0 Å². The van der Waals surface area contributed by atoms with Gasteiger partial charge >= 0.3 is 0 Å². The molecule has 0 saturated carbocycles. The van der Waals surface area contributed by atoms with E-state index in [2.05, 4.69) is 83.0 Å². The summed E-state index contributed by atoms with van der Waals surface area (Å²) in [5, 5.41) is 0. The van der Waals surface area contributed by atoms with Gasteiger partial charge in [0.05, 0.1) is 13.3 Å². The second-order valence-corrected chi connectivity index (χ2v) is 10.3. The van der Waals surface area contributed by atoms with E-state index in [4.69, 9.17) is 4.74 Å². The first-order chi connectivity index (χ1) is 18.4. The van der Waals surface area contributed by atoms with Crippen molar-refractivity contribution in [3.05, 3.63) is 121 Å². The van der Waals surface area contributed by atoms with E-state index in [-0.39, 0.29) is 11.4 Å². The van der Waals surface area contributed by atoms with E-state index in [0.717, 1.165) is 35.2 Å². The lowest BCUT2D eigenvalue weighted by Gasteiger charge is -2.47. The fourth-order valence-electron chi connectivity index (χ4n) is 5.08. The molecular formula is C32H31FN4O. The summed E-state index contributed by atoms with van der Waals surface area (Å²) in [5.74, 6) is 1.32. The highest BCUT2D eigenvalue weighted by atomic mass is 19.1. The Labute approximate surface area is 223 Å². The highest BCUT2D eigenvalue weighted by Crippen LogP contribution is 2.42. The van der Waals surface area contributed by atoms with Crippen molar-refractivity contribution in [1.29, 1.82) is 0 Å². The van der Waals surface area contributed by atoms with Gasteiger partial charge in [0.15, 0.2) is 0 Å². The SMILES string of the molecule is CN1CN(c2cccc(Oc3cccc(N4C=CN(c5ccc(F)cc5)C4)c3)c2)c2ccccc2C1(C)C. The first-order valence-corrected chi connectivity index (χ1v) is 12.8. The van der Waals surface area contributed by atoms with Crippen molar-refractivity contribution in [2.45, 2.75) is 19.4 Å². The molecule has 4 aromatic rings. The molecule has 0 radical (unpaired) electrons. The van der Waals surface area contributed by atoms with Gasteiger partial charge in [-0.2, -0.15) is 0 Å². The third-order valence-electron chi connectivity index (χ3n) is 7.57. The minimum atomic E-state index is -0.233. The predicted molar refractivity (Wildman–Crippen MR) is 153 cm³/mol. The molecule has 4 aromatic carbocycles. The lowest BCUT2D eigenvalue weighted by atomic mass is 9.88. The van der Waals surface area contributed by atoms with E-state index in [0.29, 0.717) is 6.67 Å². The first-order valence-electron chi connectivity index (χ1n) is 12.8. The number of hydrogen-bond acceptors (Lipinski definition) is 5. The summed E-state index contributed by atoms with van der Waals surface area (Å²) >= 11 is 0. The number of halogens is 1. The molecule has 0 N–H and O–H groups in total. The highest BCUT2D eigenvalue weighted by molar-refractivity contribution is 5.70. The molecule has 0 spiro atoms. The minimum Gasteiger partial charge on any atom is -0.457 e. The van der Waals surface area contributed by atoms with E-state index in [1.807, 2.05) is 42.7 Å². The van der Waals surface area contributed by atoms with Gasteiger partial charge in [-0.1, -0.05) is 30.3 Å². The van der Waals surface area contributed by atoms with Crippen molar-refractivity contribution in [3.63, 3.8) is 0 Å². The van der Waals surface area contributed by atoms with Crippen LogP contribution in [0.5, 0.6) is 11.5 Å². The van der Waals surface area contributed by atoms with Gasteiger partial charge in [0.2, 0.25) is 0 Å². The molecule has 0 bridgehead atoms. The molecule has 2 aliphatic rings. The maximum Gasteiger partial charge on any atom is 0.129 e. The Hall–Kier alpha value is -4.29. The fourth-order valence-corrected chi connectivity index (χ4v) is 5.08. The van der Waals surface area contributed by atoms with E-state index < -0.39 is 0 Å². The van der Waals surface area contributed by atoms with Crippen LogP contribution in [0.4, 0.5) is 27.1 Å². The fraction of sp³-hybridized carbons (Fsp3) is 0.188. The number of anilines is 4. The summed E-state index contributed by atoms with van der Waals surface area (Å²) < 4.78 is 19.7. The van der Waals surface area contributed by atoms with E-state index in [1.165, 1.54) is 23.4 Å². The van der Waals surface area contributed by atoms with Crippen molar-refractivity contribution in [2.75, 3.05) is 35.1 Å². The molecule has 2 heterocycles. The van der Waals surface area contributed by atoms with Crippen LogP contribution in [0.15, 0.2) is 109 Å². The number of fused-ring (bicyclic) bond motifs is 1. The van der Waals surface area contributed by atoms with E-state index in [9.17, 15) is 4.39 Å². The molecular weight excluding hydrogens is 475 g/mol. The van der Waals surface area contributed by atoms with Crippen molar-refractivity contribution in [2.24, 2.45) is 0 Å². The van der Waals surface area contributed by atoms with Crippen LogP contribution in [0.2, 0.25) is 0 Å². The van der Waals surface area contributed by atoms with Gasteiger partial charge in [-0.15, -0.1) is 0 Å². The zero-order chi connectivity index (χ0) is 26.3. The van der Waals surface area contributed by atoms with Crippen LogP contribution < -0.4 is 19.4 Å². The van der Waals surface area contributed by atoms with Crippen LogP contribution in [0.3, 0.4) is 0 Å². The van der Waals surface area contributed by atoms with E-state index in [1.54, 1.807) is 12.1 Å². The number of benzene rings is 4. The van der Waals surface area contributed by atoms with Crippen LogP contribution in [0.25, 0.3) is 0 Å². The Morgan fingerprint density at radius 3 is 2.05 bits per heavy atom. The normalized spacial score (nSPS) is 16.6. The predicted octanol–water partition coefficient (Wildman–Crippen LogP) is 7.65. The number of nitrogens with zero attached hydrogens (tertiary/aromatic N) is 4. The Balaban J connectivity index is 1.21. The van der Waals surface area contributed by atoms with Gasteiger partial charge in [-0.05, 0) is 81.1 Å². The zero-order valence-electron chi connectivity index (χ0n) is 21.9. The van der Waals surface area contributed by atoms with Crippen LogP contribution in [-0.2, 0) is 5.54 Å². The van der Waals surface area contributed by atoms with Crippen molar-refractivity contribution in [1.82, 2.24) is 4.90 Å². The standard InChI is InChI=1S/C32H31FN4O/c1-32(2)30-12-4-5-13-31(30)37(22-34(32)3)27-9-7-11-29(21-27)38-28-10-6-8-26(20-28)36-19-18-35(23-36)25-16-14-24(33)15-17-25/h4-21H,22-23H2,1-3H3. The summed E-state index contributed by atoms with van der Waals surface area (Å²) in [5.41, 5.74) is 5.54. The monoisotopic (exact) mass is 506 g/mol. The molecule has 0 fully saturated rings. The van der Waals surface area contributed by atoms with Crippen molar-refractivity contribution >= 4 is 22.7 Å². The third-order valence-corrected chi connectivity index (χ3v) is 7.57. The highest BCUT2D eigenvalue weighted by Gasteiger charge is 2.35. The maximum absolute atomic E-state index is 13.3. The summed E-state index contributed by atoms with van der Waals surface area (Å²) in [4.78, 5) is 8.91. The van der Waals surface area contributed by atoms with Gasteiger partial charge < -0.3 is 19.4 Å². The summed E-state index contributed by atoms with van der Waals surface area (Å²) in [7, 11) is 2.17. The molecule has 6 heteroatoms. The maximum atomic E-state index is 13.3. The van der Waals surface area contributed by atoms with Crippen molar-refractivity contribution in [3.8, 4) is 11.5 Å². The summed E-state index contributed by atoms with van der Waals surface area (Å²) in [6.45, 7) is 5.96. The number of ether oxygens (including phenoxy) is 1. The number of para-hydroxylation sites is 1. The average Bonchev–Trinajstić information content (AvgIpc) is 3.42. The molecule has 0 amide bonds. The van der Waals surface area contributed by atoms with Gasteiger partial charge in [0.1, 0.15) is 17.3 Å². The molecule has 6 rings (SSSR count). The molecule has 192 valence electrons. The molecule has 5 nitrogen and oxygen atoms in total. The van der Waals surface area contributed by atoms with E-state index >= 15 is 0 Å². The van der Waals surface area contributed by atoms with Crippen LogP contribution in [0, 0.1) is 5.82 Å². The molecule has 2 aliphatic heterocycles.